The van der Waals surface area contributed by atoms with Gasteiger partial charge in [0.25, 0.3) is 10.0 Å². The van der Waals surface area contributed by atoms with E-state index in [1.807, 2.05) is 0 Å². The number of benzene rings is 2. The number of anilines is 1. The number of para-hydroxylation sites is 1. The number of aromatic nitrogens is 2. The summed E-state index contributed by atoms with van der Waals surface area (Å²) in [7, 11) is -4.07. The molecule has 0 bridgehead atoms. The van der Waals surface area contributed by atoms with Gasteiger partial charge < -0.3 is 5.11 Å². The van der Waals surface area contributed by atoms with E-state index in [0.29, 0.717) is 5.52 Å². The Morgan fingerprint density at radius 3 is 2.62 bits per heavy atom. The lowest BCUT2D eigenvalue weighted by Crippen LogP contribution is -2.16. The molecule has 0 saturated carbocycles. The Hall–Kier alpha value is -2.71. The first-order chi connectivity index (χ1) is 11.4. The van der Waals surface area contributed by atoms with Crippen LogP contribution in [0.25, 0.3) is 11.0 Å². The number of carboxylic acids is 1. The van der Waals surface area contributed by atoms with Gasteiger partial charge in [0.2, 0.25) is 0 Å². The summed E-state index contributed by atoms with van der Waals surface area (Å²) in [5.41, 5.74) is 0.262. The van der Waals surface area contributed by atoms with Crippen LogP contribution in [-0.4, -0.2) is 29.5 Å². The number of carbonyl (C=O) groups is 1. The van der Waals surface area contributed by atoms with E-state index in [0.717, 1.165) is 0 Å². The second kappa shape index (κ2) is 6.06. The lowest BCUT2D eigenvalue weighted by Gasteiger charge is -2.12. The Labute approximate surface area is 142 Å². The minimum absolute atomic E-state index is 0.0900. The first kappa shape index (κ1) is 16.2. The second-order valence-electron chi connectivity index (χ2n) is 4.78. The van der Waals surface area contributed by atoms with Crippen molar-refractivity contribution in [1.82, 2.24) is 9.97 Å². The molecule has 0 spiro atoms. The highest BCUT2D eigenvalue weighted by Crippen LogP contribution is 2.26. The quantitative estimate of drug-likeness (QED) is 0.737. The Balaban J connectivity index is 2.11. The maximum absolute atomic E-state index is 12.7. The molecule has 0 unspecified atom stereocenters. The Kier molecular flexibility index (Phi) is 4.08. The van der Waals surface area contributed by atoms with E-state index in [-0.39, 0.29) is 26.7 Å². The average Bonchev–Trinajstić information content (AvgIpc) is 2.55. The molecule has 0 fully saturated rings. The van der Waals surface area contributed by atoms with E-state index >= 15 is 0 Å². The first-order valence-electron chi connectivity index (χ1n) is 6.64. The van der Waals surface area contributed by atoms with E-state index in [2.05, 4.69) is 14.7 Å². The van der Waals surface area contributed by atoms with Gasteiger partial charge in [-0.3, -0.25) is 14.7 Å². The third kappa shape index (κ3) is 3.01. The number of sulfonamides is 1. The molecule has 7 nitrogen and oxygen atoms in total. The number of rotatable bonds is 4. The number of nitrogens with one attached hydrogen (secondary N) is 1. The molecule has 122 valence electrons. The van der Waals surface area contributed by atoms with Gasteiger partial charge in [-0.15, -0.1) is 0 Å². The molecule has 0 atom stereocenters. The van der Waals surface area contributed by atoms with Gasteiger partial charge in [-0.2, -0.15) is 0 Å². The van der Waals surface area contributed by atoms with Crippen molar-refractivity contribution < 1.29 is 18.3 Å². The molecule has 1 aromatic heterocycles. The molecule has 1 heterocycles. The van der Waals surface area contributed by atoms with Crippen LogP contribution in [0, 0.1) is 0 Å². The molecule has 0 aliphatic carbocycles. The van der Waals surface area contributed by atoms with Crippen LogP contribution in [0.1, 0.15) is 10.4 Å². The summed E-state index contributed by atoms with van der Waals surface area (Å²) in [5, 5.41) is 9.40. The van der Waals surface area contributed by atoms with Crippen LogP contribution in [-0.2, 0) is 10.0 Å². The molecule has 9 heteroatoms. The summed E-state index contributed by atoms with van der Waals surface area (Å²) in [6.07, 6.45) is 2.83. The summed E-state index contributed by atoms with van der Waals surface area (Å²) in [6, 6.07) is 8.40. The number of halogens is 1. The van der Waals surface area contributed by atoms with Gasteiger partial charge in [-0.25, -0.2) is 13.2 Å². The van der Waals surface area contributed by atoms with Gasteiger partial charge in [0.1, 0.15) is 10.4 Å². The predicted octanol–water partition coefficient (Wildman–Crippen LogP) is 2.78. The van der Waals surface area contributed by atoms with Crippen LogP contribution in [0.2, 0.25) is 5.02 Å². The van der Waals surface area contributed by atoms with E-state index in [9.17, 15) is 18.3 Å². The molecule has 2 aromatic carbocycles. The van der Waals surface area contributed by atoms with Crippen molar-refractivity contribution in [3.63, 3.8) is 0 Å². The zero-order chi connectivity index (χ0) is 17.3. The number of hydrogen-bond donors (Lipinski definition) is 2. The molecule has 0 aliphatic rings. The standard InChI is InChI=1S/C15H10ClN3O4S/c16-9-4-5-11(10(8-9)15(20)21)19-24(22,23)13-3-1-2-12-14(13)18-7-6-17-12/h1-8,19H,(H,20,21). The molecule has 0 saturated heterocycles. The summed E-state index contributed by atoms with van der Waals surface area (Å²) < 4.78 is 27.6. The van der Waals surface area contributed by atoms with Gasteiger partial charge in [-0.05, 0) is 30.3 Å². The lowest BCUT2D eigenvalue weighted by molar-refractivity contribution is 0.0698. The van der Waals surface area contributed by atoms with Crippen molar-refractivity contribution in [1.29, 1.82) is 0 Å². The van der Waals surface area contributed by atoms with Crippen molar-refractivity contribution in [3.8, 4) is 0 Å². The van der Waals surface area contributed by atoms with Gasteiger partial charge in [0.05, 0.1) is 16.8 Å². The highest BCUT2D eigenvalue weighted by atomic mass is 35.5. The van der Waals surface area contributed by atoms with E-state index in [1.54, 1.807) is 6.07 Å². The fourth-order valence-electron chi connectivity index (χ4n) is 2.17. The lowest BCUT2D eigenvalue weighted by atomic mass is 10.2. The highest BCUT2D eigenvalue weighted by Gasteiger charge is 2.21. The van der Waals surface area contributed by atoms with Crippen LogP contribution in [0.3, 0.4) is 0 Å². The number of carboxylic acid groups (broad SMARTS) is 1. The number of hydrogen-bond acceptors (Lipinski definition) is 5. The SMILES string of the molecule is O=C(O)c1cc(Cl)ccc1NS(=O)(=O)c1cccc2nccnc12. The molecule has 0 amide bonds. The van der Waals surface area contributed by atoms with Crippen LogP contribution < -0.4 is 4.72 Å². The van der Waals surface area contributed by atoms with Crippen LogP contribution >= 0.6 is 11.6 Å². The number of fused-ring (bicyclic) bond motifs is 1. The zero-order valence-corrected chi connectivity index (χ0v) is 13.5. The fraction of sp³-hybridized carbons (Fsp3) is 0. The van der Waals surface area contributed by atoms with Crippen LogP contribution in [0.15, 0.2) is 53.7 Å². The van der Waals surface area contributed by atoms with E-state index in [1.165, 1.54) is 42.7 Å². The summed E-state index contributed by atoms with van der Waals surface area (Å²) >= 11 is 5.77. The first-order valence-corrected chi connectivity index (χ1v) is 8.50. The van der Waals surface area contributed by atoms with Gasteiger partial charge in [-0.1, -0.05) is 17.7 Å². The molecule has 3 aromatic rings. The summed E-state index contributed by atoms with van der Waals surface area (Å²) in [4.78, 5) is 19.3. The minimum Gasteiger partial charge on any atom is -0.478 e. The van der Waals surface area contributed by atoms with Gasteiger partial charge >= 0.3 is 5.97 Å². The molecule has 0 radical (unpaired) electrons. The average molecular weight is 364 g/mol. The summed E-state index contributed by atoms with van der Waals surface area (Å²) in [6.45, 7) is 0. The van der Waals surface area contributed by atoms with E-state index < -0.39 is 16.0 Å². The maximum Gasteiger partial charge on any atom is 0.337 e. The van der Waals surface area contributed by atoms with Crippen molar-refractivity contribution in [3.05, 3.63) is 59.4 Å². The van der Waals surface area contributed by atoms with E-state index in [4.69, 9.17) is 11.6 Å². The maximum atomic E-state index is 12.7. The number of aromatic carboxylic acids is 1. The Bertz CT molecular complexity index is 1050. The van der Waals surface area contributed by atoms with Crippen molar-refractivity contribution in [2.24, 2.45) is 0 Å². The minimum atomic E-state index is -4.07. The van der Waals surface area contributed by atoms with Crippen molar-refractivity contribution >= 4 is 44.3 Å². The topological polar surface area (TPSA) is 109 Å². The second-order valence-corrected chi connectivity index (χ2v) is 6.87. The number of nitrogens with zero attached hydrogens (tertiary/aromatic N) is 2. The zero-order valence-electron chi connectivity index (χ0n) is 12.0. The molecule has 0 aliphatic heterocycles. The molecule has 2 N–H and O–H groups in total. The normalized spacial score (nSPS) is 11.4. The highest BCUT2D eigenvalue weighted by molar-refractivity contribution is 7.93. The van der Waals surface area contributed by atoms with Crippen molar-refractivity contribution in [2.45, 2.75) is 4.90 Å². The third-order valence-electron chi connectivity index (χ3n) is 3.21. The van der Waals surface area contributed by atoms with Gasteiger partial charge in [0.15, 0.2) is 0 Å². The third-order valence-corrected chi connectivity index (χ3v) is 4.84. The predicted molar refractivity (Wildman–Crippen MR) is 88.8 cm³/mol. The monoisotopic (exact) mass is 363 g/mol. The Morgan fingerprint density at radius 1 is 1.12 bits per heavy atom. The fourth-order valence-corrected chi connectivity index (χ4v) is 3.58. The molecule has 3 rings (SSSR count). The van der Waals surface area contributed by atoms with Crippen molar-refractivity contribution in [2.75, 3.05) is 4.72 Å². The van der Waals surface area contributed by atoms with Crippen LogP contribution in [0.5, 0.6) is 0 Å². The van der Waals surface area contributed by atoms with Crippen LogP contribution in [0.4, 0.5) is 5.69 Å². The molecular formula is C15H10ClN3O4S. The molecular weight excluding hydrogens is 354 g/mol. The van der Waals surface area contributed by atoms with Gasteiger partial charge in [0, 0.05) is 17.4 Å². The Morgan fingerprint density at radius 2 is 1.88 bits per heavy atom. The largest absolute Gasteiger partial charge is 0.478 e. The smallest absolute Gasteiger partial charge is 0.337 e. The summed E-state index contributed by atoms with van der Waals surface area (Å²) in [5.74, 6) is -1.30. The molecule has 24 heavy (non-hydrogen) atoms.